The van der Waals surface area contributed by atoms with Crippen LogP contribution in [-0.4, -0.2) is 31.6 Å². The third-order valence-corrected chi connectivity index (χ3v) is 3.86. The smallest absolute Gasteiger partial charge is 0.131 e. The normalized spacial score (nSPS) is 14.3. The number of nitrogens with zero attached hydrogens (tertiary/aromatic N) is 1. The molecule has 4 heteroatoms. The zero-order valence-corrected chi connectivity index (χ0v) is 13.0. The Morgan fingerprint density at radius 3 is 2.65 bits per heavy atom. The molecule has 0 bridgehead atoms. The Labute approximate surface area is 121 Å². The number of hydrogen-bond donors (Lipinski definition) is 1. The van der Waals surface area contributed by atoms with Crippen LogP contribution in [0.5, 0.6) is 5.75 Å². The van der Waals surface area contributed by atoms with Gasteiger partial charge in [-0.2, -0.15) is 0 Å². The van der Waals surface area contributed by atoms with E-state index in [0.29, 0.717) is 23.8 Å². The molecule has 3 nitrogen and oxygen atoms in total. The lowest BCUT2D eigenvalue weighted by Gasteiger charge is -2.26. The average Bonchev–Trinajstić information content (AvgIpc) is 2.44. The maximum Gasteiger partial charge on any atom is 0.131 e. The highest BCUT2D eigenvalue weighted by atomic mass is 19.1. The van der Waals surface area contributed by atoms with Gasteiger partial charge in [-0.15, -0.1) is 0 Å². The van der Waals surface area contributed by atoms with Crippen LogP contribution in [-0.2, 0) is 0 Å². The fraction of sp³-hybridized carbons (Fsp3) is 0.625. The van der Waals surface area contributed by atoms with Gasteiger partial charge in [0.05, 0.1) is 7.11 Å². The van der Waals surface area contributed by atoms with Crippen LogP contribution < -0.4 is 10.5 Å². The lowest BCUT2D eigenvalue weighted by molar-refractivity contribution is 0.235. The second kappa shape index (κ2) is 8.22. The zero-order chi connectivity index (χ0) is 15.1. The molecule has 0 aliphatic carbocycles. The molecule has 0 amide bonds. The van der Waals surface area contributed by atoms with Gasteiger partial charge in [-0.3, -0.25) is 0 Å². The summed E-state index contributed by atoms with van der Waals surface area (Å²) in [5, 5.41) is 0. The van der Waals surface area contributed by atoms with Crippen LogP contribution in [0.3, 0.4) is 0 Å². The summed E-state index contributed by atoms with van der Waals surface area (Å²) in [6, 6.07) is 5.00. The van der Waals surface area contributed by atoms with Gasteiger partial charge in [0.15, 0.2) is 0 Å². The van der Waals surface area contributed by atoms with Crippen LogP contribution in [0.2, 0.25) is 0 Å². The summed E-state index contributed by atoms with van der Waals surface area (Å²) in [6.45, 7) is 5.23. The summed E-state index contributed by atoms with van der Waals surface area (Å²) in [6.07, 6.45) is 3.04. The number of halogens is 1. The molecular weight excluding hydrogens is 255 g/mol. The third-order valence-electron chi connectivity index (χ3n) is 3.86. The summed E-state index contributed by atoms with van der Waals surface area (Å²) in [5.74, 6) is 0.239. The van der Waals surface area contributed by atoms with Crippen LogP contribution in [0, 0.1) is 5.82 Å². The first-order valence-corrected chi connectivity index (χ1v) is 7.29. The molecule has 20 heavy (non-hydrogen) atoms. The van der Waals surface area contributed by atoms with Crippen molar-refractivity contribution in [1.29, 1.82) is 0 Å². The van der Waals surface area contributed by atoms with Gasteiger partial charge in [0.1, 0.15) is 11.6 Å². The number of ether oxygens (including phenoxy) is 1. The minimum absolute atomic E-state index is 0.291. The van der Waals surface area contributed by atoms with E-state index in [4.69, 9.17) is 10.5 Å². The summed E-state index contributed by atoms with van der Waals surface area (Å²) in [7, 11) is 3.63. The molecule has 0 heterocycles. The minimum atomic E-state index is -0.345. The van der Waals surface area contributed by atoms with Crippen molar-refractivity contribution in [2.75, 3.05) is 20.7 Å². The van der Waals surface area contributed by atoms with E-state index in [1.165, 1.54) is 12.5 Å². The standard InChI is InChI=1S/C16H27FN2O/c1-5-7-12(2)19(3)11-10-14(18)16-13(17)8-6-9-15(16)20-4/h6,8-9,12,14H,5,7,10-11,18H2,1-4H3. The monoisotopic (exact) mass is 282 g/mol. The number of nitrogens with two attached hydrogens (primary N) is 1. The van der Waals surface area contributed by atoms with E-state index in [9.17, 15) is 4.39 Å². The molecule has 1 aromatic carbocycles. The molecule has 0 radical (unpaired) electrons. The Balaban J connectivity index is 2.65. The molecule has 2 atom stereocenters. The van der Waals surface area contributed by atoms with Gasteiger partial charge >= 0.3 is 0 Å². The highest BCUT2D eigenvalue weighted by molar-refractivity contribution is 5.37. The second-order valence-electron chi connectivity index (χ2n) is 5.37. The van der Waals surface area contributed by atoms with Crippen LogP contribution in [0.4, 0.5) is 4.39 Å². The lowest BCUT2D eigenvalue weighted by atomic mass is 10.0. The van der Waals surface area contributed by atoms with Gasteiger partial charge < -0.3 is 15.4 Å². The van der Waals surface area contributed by atoms with Gasteiger partial charge in [0, 0.05) is 17.6 Å². The number of methoxy groups -OCH3 is 1. The zero-order valence-electron chi connectivity index (χ0n) is 13.0. The third kappa shape index (κ3) is 4.46. The van der Waals surface area contributed by atoms with Crippen molar-refractivity contribution in [2.24, 2.45) is 5.73 Å². The number of rotatable bonds is 8. The van der Waals surface area contributed by atoms with Crippen molar-refractivity contribution in [3.8, 4) is 5.75 Å². The average molecular weight is 282 g/mol. The Bertz CT molecular complexity index is 411. The molecule has 0 aliphatic rings. The van der Waals surface area contributed by atoms with E-state index in [0.717, 1.165) is 13.0 Å². The number of hydrogen-bond acceptors (Lipinski definition) is 3. The first-order valence-electron chi connectivity index (χ1n) is 7.29. The predicted octanol–water partition coefficient (Wildman–Crippen LogP) is 3.34. The van der Waals surface area contributed by atoms with E-state index in [2.05, 4.69) is 25.8 Å². The van der Waals surface area contributed by atoms with Crippen molar-refractivity contribution in [2.45, 2.75) is 45.2 Å². The Kier molecular flexibility index (Phi) is 6.96. The molecule has 1 aromatic rings. The van der Waals surface area contributed by atoms with Crippen molar-refractivity contribution >= 4 is 0 Å². The Hall–Kier alpha value is -1.13. The highest BCUT2D eigenvalue weighted by Crippen LogP contribution is 2.28. The van der Waals surface area contributed by atoms with E-state index in [1.54, 1.807) is 19.2 Å². The maximum absolute atomic E-state index is 13.9. The fourth-order valence-electron chi connectivity index (χ4n) is 2.40. The molecular formula is C16H27FN2O. The summed E-state index contributed by atoms with van der Waals surface area (Å²) in [4.78, 5) is 2.27. The molecule has 1 rings (SSSR count). The van der Waals surface area contributed by atoms with E-state index in [1.807, 2.05) is 0 Å². The summed E-state index contributed by atoms with van der Waals surface area (Å²) >= 11 is 0. The topological polar surface area (TPSA) is 38.5 Å². The largest absolute Gasteiger partial charge is 0.496 e. The van der Waals surface area contributed by atoms with Gasteiger partial charge in [-0.05, 0) is 45.5 Å². The SMILES string of the molecule is CCCC(C)N(C)CCC(N)c1c(F)cccc1OC. The van der Waals surface area contributed by atoms with Crippen LogP contribution in [0.1, 0.15) is 44.7 Å². The van der Waals surface area contributed by atoms with E-state index in [-0.39, 0.29) is 11.9 Å². The molecule has 114 valence electrons. The van der Waals surface area contributed by atoms with Crippen LogP contribution in [0.25, 0.3) is 0 Å². The molecule has 2 unspecified atom stereocenters. The van der Waals surface area contributed by atoms with Crippen LogP contribution in [0.15, 0.2) is 18.2 Å². The fourth-order valence-corrected chi connectivity index (χ4v) is 2.40. The quantitative estimate of drug-likeness (QED) is 0.794. The molecule has 0 fully saturated rings. The van der Waals surface area contributed by atoms with E-state index >= 15 is 0 Å². The Morgan fingerprint density at radius 1 is 1.35 bits per heavy atom. The summed E-state index contributed by atoms with van der Waals surface area (Å²) in [5.41, 5.74) is 6.63. The molecule has 0 aromatic heterocycles. The molecule has 2 N–H and O–H groups in total. The summed E-state index contributed by atoms with van der Waals surface area (Å²) < 4.78 is 19.1. The van der Waals surface area contributed by atoms with Crippen molar-refractivity contribution < 1.29 is 9.13 Å². The first kappa shape index (κ1) is 16.9. The molecule has 0 spiro atoms. The minimum Gasteiger partial charge on any atom is -0.496 e. The van der Waals surface area contributed by atoms with Gasteiger partial charge in [-0.25, -0.2) is 4.39 Å². The van der Waals surface area contributed by atoms with Gasteiger partial charge in [-0.1, -0.05) is 19.4 Å². The first-order chi connectivity index (χ1) is 9.51. The Morgan fingerprint density at radius 2 is 2.05 bits per heavy atom. The predicted molar refractivity (Wildman–Crippen MR) is 81.5 cm³/mol. The molecule has 0 saturated heterocycles. The molecule has 0 aliphatic heterocycles. The van der Waals surface area contributed by atoms with Crippen molar-refractivity contribution in [3.05, 3.63) is 29.6 Å². The van der Waals surface area contributed by atoms with Gasteiger partial charge in [0.2, 0.25) is 0 Å². The lowest BCUT2D eigenvalue weighted by Crippen LogP contribution is -2.31. The van der Waals surface area contributed by atoms with Gasteiger partial charge in [0.25, 0.3) is 0 Å². The highest BCUT2D eigenvalue weighted by Gasteiger charge is 2.18. The molecule has 0 saturated carbocycles. The maximum atomic E-state index is 13.9. The van der Waals surface area contributed by atoms with Crippen LogP contribution >= 0.6 is 0 Å². The van der Waals surface area contributed by atoms with E-state index < -0.39 is 0 Å². The van der Waals surface area contributed by atoms with Crippen molar-refractivity contribution in [3.63, 3.8) is 0 Å². The number of benzene rings is 1. The second-order valence-corrected chi connectivity index (χ2v) is 5.37. The van der Waals surface area contributed by atoms with Crippen molar-refractivity contribution in [1.82, 2.24) is 4.90 Å².